The molecule has 8 heteroatoms. The fraction of sp³-hybridized carbons (Fsp3) is 0.0556. The number of benzene rings is 2. The highest BCUT2D eigenvalue weighted by molar-refractivity contribution is 6.33. The minimum Gasteiger partial charge on any atom is -0.465 e. The molecule has 0 aliphatic carbocycles. The number of methoxy groups -OCH3 is 1. The van der Waals surface area contributed by atoms with Crippen molar-refractivity contribution in [3.63, 3.8) is 0 Å². The van der Waals surface area contributed by atoms with E-state index in [2.05, 4.69) is 20.6 Å². The zero-order valence-electron chi connectivity index (χ0n) is 13.7. The van der Waals surface area contributed by atoms with Gasteiger partial charge in [0.15, 0.2) is 0 Å². The van der Waals surface area contributed by atoms with Gasteiger partial charge in [-0.15, -0.1) is 0 Å². The van der Waals surface area contributed by atoms with Crippen LogP contribution in [-0.4, -0.2) is 23.0 Å². The maximum atomic E-state index is 11.7. The van der Waals surface area contributed by atoms with Crippen molar-refractivity contribution in [2.24, 2.45) is 0 Å². The van der Waals surface area contributed by atoms with Gasteiger partial charge in [-0.2, -0.15) is 4.98 Å². The van der Waals surface area contributed by atoms with Gasteiger partial charge >= 0.3 is 5.97 Å². The molecule has 0 radical (unpaired) electrons. The number of anilines is 4. The molecule has 0 atom stereocenters. The lowest BCUT2D eigenvalue weighted by Gasteiger charge is -2.11. The van der Waals surface area contributed by atoms with E-state index in [4.69, 9.17) is 27.9 Å². The van der Waals surface area contributed by atoms with Crippen LogP contribution in [0.25, 0.3) is 0 Å². The van der Waals surface area contributed by atoms with Crippen molar-refractivity contribution in [3.05, 3.63) is 70.3 Å². The summed E-state index contributed by atoms with van der Waals surface area (Å²) in [5.41, 5.74) is 1.72. The maximum Gasteiger partial charge on any atom is 0.337 e. The number of esters is 1. The molecule has 3 rings (SSSR count). The molecule has 6 nitrogen and oxygen atoms in total. The van der Waals surface area contributed by atoms with E-state index in [-0.39, 0.29) is 0 Å². The normalized spacial score (nSPS) is 10.3. The molecule has 0 bridgehead atoms. The molecule has 0 amide bonds. The first-order chi connectivity index (χ1) is 12.5. The van der Waals surface area contributed by atoms with Crippen LogP contribution in [0.5, 0.6) is 0 Å². The quantitative estimate of drug-likeness (QED) is 0.595. The van der Waals surface area contributed by atoms with Crippen molar-refractivity contribution < 1.29 is 9.53 Å². The number of carbonyl (C=O) groups excluding carboxylic acids is 1. The zero-order chi connectivity index (χ0) is 18.5. The molecule has 2 aromatic carbocycles. The summed E-state index contributed by atoms with van der Waals surface area (Å²) in [7, 11) is 1.32. The molecule has 1 heterocycles. The number of aromatic nitrogens is 2. The highest BCUT2D eigenvalue weighted by atomic mass is 35.5. The molecule has 26 heavy (non-hydrogen) atoms. The third-order valence-electron chi connectivity index (χ3n) is 3.41. The van der Waals surface area contributed by atoms with Gasteiger partial charge in [0, 0.05) is 16.9 Å². The lowest BCUT2D eigenvalue weighted by molar-refractivity contribution is 0.0601. The minimum atomic E-state index is -0.447. The molecule has 2 N–H and O–H groups in total. The van der Waals surface area contributed by atoms with Crippen molar-refractivity contribution in [1.82, 2.24) is 9.97 Å². The first-order valence-corrected chi connectivity index (χ1v) is 8.31. The number of halogens is 2. The van der Waals surface area contributed by atoms with Crippen molar-refractivity contribution in [2.75, 3.05) is 17.7 Å². The molecular formula is C18H14Cl2N4O2. The SMILES string of the molecule is COC(=O)c1ccc(Cl)c(Nc2ccnc(Nc3ccc(Cl)cc3)n2)c1. The van der Waals surface area contributed by atoms with Gasteiger partial charge in [0.05, 0.1) is 23.4 Å². The number of rotatable bonds is 5. The first kappa shape index (κ1) is 18.0. The lowest BCUT2D eigenvalue weighted by Crippen LogP contribution is -2.03. The van der Waals surface area contributed by atoms with Gasteiger partial charge in [0.2, 0.25) is 5.95 Å². The topological polar surface area (TPSA) is 76.1 Å². The molecule has 1 aromatic heterocycles. The maximum absolute atomic E-state index is 11.7. The van der Waals surface area contributed by atoms with Crippen LogP contribution in [0.4, 0.5) is 23.1 Å². The van der Waals surface area contributed by atoms with E-state index < -0.39 is 5.97 Å². The Bertz CT molecular complexity index is 933. The van der Waals surface area contributed by atoms with Gasteiger partial charge in [-0.1, -0.05) is 23.2 Å². The van der Waals surface area contributed by atoms with E-state index in [9.17, 15) is 4.79 Å². The third-order valence-corrected chi connectivity index (χ3v) is 3.99. The van der Waals surface area contributed by atoms with Crippen LogP contribution in [0, 0.1) is 0 Å². The molecule has 0 saturated heterocycles. The van der Waals surface area contributed by atoms with Crippen LogP contribution in [0.1, 0.15) is 10.4 Å². The average Bonchev–Trinajstić information content (AvgIpc) is 2.65. The van der Waals surface area contributed by atoms with Gasteiger partial charge in [-0.3, -0.25) is 0 Å². The summed E-state index contributed by atoms with van der Waals surface area (Å²) in [4.78, 5) is 20.2. The summed E-state index contributed by atoms with van der Waals surface area (Å²) < 4.78 is 4.72. The highest BCUT2D eigenvalue weighted by Crippen LogP contribution is 2.27. The number of carbonyl (C=O) groups is 1. The molecule has 0 aliphatic rings. The van der Waals surface area contributed by atoms with E-state index in [0.29, 0.717) is 33.1 Å². The Labute approximate surface area is 160 Å². The number of hydrogen-bond acceptors (Lipinski definition) is 6. The summed E-state index contributed by atoms with van der Waals surface area (Å²) in [5.74, 6) is 0.468. The van der Waals surface area contributed by atoms with Gasteiger partial charge in [0.1, 0.15) is 5.82 Å². The molecule has 0 saturated carbocycles. The molecule has 0 spiro atoms. The van der Waals surface area contributed by atoms with Crippen molar-refractivity contribution in [2.45, 2.75) is 0 Å². The number of nitrogens with one attached hydrogen (secondary N) is 2. The first-order valence-electron chi connectivity index (χ1n) is 7.55. The fourth-order valence-corrected chi connectivity index (χ4v) is 2.45. The third kappa shape index (κ3) is 4.41. The van der Waals surface area contributed by atoms with Crippen LogP contribution in [0.15, 0.2) is 54.7 Å². The predicted octanol–water partition coefficient (Wildman–Crippen LogP) is 5.06. The number of nitrogens with zero attached hydrogens (tertiary/aromatic N) is 2. The zero-order valence-corrected chi connectivity index (χ0v) is 15.2. The second kappa shape index (κ2) is 8.03. The Morgan fingerprint density at radius 1 is 1.04 bits per heavy atom. The summed E-state index contributed by atoms with van der Waals surface area (Å²) in [6.45, 7) is 0. The van der Waals surface area contributed by atoms with Crippen LogP contribution in [0.2, 0.25) is 10.0 Å². The van der Waals surface area contributed by atoms with Gasteiger partial charge in [0.25, 0.3) is 0 Å². The molecular weight excluding hydrogens is 375 g/mol. The molecule has 0 unspecified atom stereocenters. The van der Waals surface area contributed by atoms with E-state index in [0.717, 1.165) is 5.69 Å². The monoisotopic (exact) mass is 388 g/mol. The van der Waals surface area contributed by atoms with Gasteiger partial charge < -0.3 is 15.4 Å². The van der Waals surface area contributed by atoms with Crippen LogP contribution in [-0.2, 0) is 4.74 Å². The van der Waals surface area contributed by atoms with Crippen molar-refractivity contribution in [3.8, 4) is 0 Å². The van der Waals surface area contributed by atoms with Crippen molar-refractivity contribution >= 4 is 52.3 Å². The Kier molecular flexibility index (Phi) is 5.55. The van der Waals surface area contributed by atoms with E-state index in [1.165, 1.54) is 7.11 Å². The largest absolute Gasteiger partial charge is 0.465 e. The van der Waals surface area contributed by atoms with Gasteiger partial charge in [-0.05, 0) is 48.5 Å². The standard InChI is InChI=1S/C18H14Cl2N4O2/c1-26-17(25)11-2-7-14(20)15(10-11)23-16-8-9-21-18(24-16)22-13-5-3-12(19)4-6-13/h2-10H,1H3,(H2,21,22,23,24). The summed E-state index contributed by atoms with van der Waals surface area (Å²) in [5, 5.41) is 7.25. The Hall–Kier alpha value is -2.83. The van der Waals surface area contributed by atoms with Crippen LogP contribution >= 0.6 is 23.2 Å². The highest BCUT2D eigenvalue weighted by Gasteiger charge is 2.10. The second-order valence-corrected chi connectivity index (χ2v) is 6.05. The van der Waals surface area contributed by atoms with Crippen LogP contribution in [0.3, 0.4) is 0 Å². The fourth-order valence-electron chi connectivity index (χ4n) is 2.15. The Morgan fingerprint density at radius 2 is 1.81 bits per heavy atom. The average molecular weight is 389 g/mol. The summed E-state index contributed by atoms with van der Waals surface area (Å²) in [6, 6.07) is 13.7. The summed E-state index contributed by atoms with van der Waals surface area (Å²) >= 11 is 12.1. The van der Waals surface area contributed by atoms with Crippen molar-refractivity contribution in [1.29, 1.82) is 0 Å². The van der Waals surface area contributed by atoms with E-state index in [1.807, 2.05) is 12.1 Å². The Balaban J connectivity index is 1.80. The van der Waals surface area contributed by atoms with E-state index >= 15 is 0 Å². The second-order valence-electron chi connectivity index (χ2n) is 5.21. The van der Waals surface area contributed by atoms with E-state index in [1.54, 1.807) is 42.6 Å². The molecule has 3 aromatic rings. The summed E-state index contributed by atoms with van der Waals surface area (Å²) in [6.07, 6.45) is 1.60. The Morgan fingerprint density at radius 3 is 2.54 bits per heavy atom. The van der Waals surface area contributed by atoms with Crippen LogP contribution < -0.4 is 10.6 Å². The number of ether oxygens (including phenoxy) is 1. The lowest BCUT2D eigenvalue weighted by atomic mass is 10.2. The molecule has 132 valence electrons. The molecule has 0 fully saturated rings. The molecule has 0 aliphatic heterocycles. The van der Waals surface area contributed by atoms with Gasteiger partial charge in [-0.25, -0.2) is 9.78 Å². The predicted molar refractivity (Wildman–Crippen MR) is 103 cm³/mol. The number of hydrogen-bond donors (Lipinski definition) is 2. The smallest absolute Gasteiger partial charge is 0.337 e. The minimum absolute atomic E-state index is 0.382.